The van der Waals surface area contributed by atoms with Crippen LogP contribution in [0.3, 0.4) is 0 Å². The second kappa shape index (κ2) is 10.5. The molecule has 2 aromatic carbocycles. The highest BCUT2D eigenvalue weighted by Gasteiger charge is 2.46. The van der Waals surface area contributed by atoms with Crippen LogP contribution in [0.4, 0.5) is 17.6 Å². The first-order valence-corrected chi connectivity index (χ1v) is 16.8. The predicted octanol–water partition coefficient (Wildman–Crippen LogP) is 9.58. The maximum atomic E-state index is 14.1. The van der Waals surface area contributed by atoms with Crippen LogP contribution in [0.1, 0.15) is 98.7 Å². The molecule has 0 radical (unpaired) electrons. The predicted molar refractivity (Wildman–Crippen MR) is 152 cm³/mol. The number of fused-ring (bicyclic) bond motifs is 1. The van der Waals surface area contributed by atoms with E-state index < -0.39 is 25.9 Å². The summed E-state index contributed by atoms with van der Waals surface area (Å²) in [6, 6.07) is 11.1. The largest absolute Gasteiger partial charge is 0.416 e. The van der Waals surface area contributed by atoms with Gasteiger partial charge in [-0.05, 0) is 82.3 Å². The van der Waals surface area contributed by atoms with Crippen molar-refractivity contribution >= 4 is 8.07 Å². The van der Waals surface area contributed by atoms with E-state index in [0.29, 0.717) is 11.1 Å². The van der Waals surface area contributed by atoms with Gasteiger partial charge in [0.15, 0.2) is 0 Å². The molecule has 0 aliphatic heterocycles. The lowest BCUT2D eigenvalue weighted by atomic mass is 9.81. The molecule has 1 heterocycles. The number of pyridine rings is 1. The van der Waals surface area contributed by atoms with Gasteiger partial charge in [-0.15, -0.1) is 0 Å². The highest BCUT2D eigenvalue weighted by molar-refractivity contribution is 6.81. The van der Waals surface area contributed by atoms with E-state index in [9.17, 15) is 22.7 Å². The summed E-state index contributed by atoms with van der Waals surface area (Å²) in [6.45, 7) is 15.7. The Labute approximate surface area is 230 Å². The van der Waals surface area contributed by atoms with Crippen molar-refractivity contribution in [2.45, 2.75) is 95.8 Å². The number of aromatic nitrogens is 1. The zero-order chi connectivity index (χ0) is 28.9. The van der Waals surface area contributed by atoms with E-state index in [-0.39, 0.29) is 22.3 Å². The lowest BCUT2D eigenvalue weighted by Gasteiger charge is -2.46. The number of aliphatic hydroxyl groups is 1. The number of hydrogen-bond acceptors (Lipinski definition) is 2. The van der Waals surface area contributed by atoms with E-state index in [1.165, 1.54) is 24.3 Å². The monoisotopic (exact) mass is 557 g/mol. The molecule has 1 aromatic heterocycles. The number of alkyl halides is 3. The minimum Gasteiger partial charge on any atom is -0.384 e. The van der Waals surface area contributed by atoms with Crippen LogP contribution >= 0.6 is 0 Å². The van der Waals surface area contributed by atoms with Gasteiger partial charge in [0.05, 0.1) is 13.6 Å². The smallest absolute Gasteiger partial charge is 0.384 e. The summed E-state index contributed by atoms with van der Waals surface area (Å²) in [6.07, 6.45) is -2.79. The van der Waals surface area contributed by atoms with Crippen LogP contribution in [0.2, 0.25) is 18.1 Å². The van der Waals surface area contributed by atoms with Crippen molar-refractivity contribution in [3.63, 3.8) is 0 Å². The van der Waals surface area contributed by atoms with Crippen molar-refractivity contribution in [1.29, 1.82) is 0 Å². The van der Waals surface area contributed by atoms with Crippen molar-refractivity contribution < 1.29 is 22.7 Å². The van der Waals surface area contributed by atoms with Crippen LogP contribution < -0.4 is 0 Å². The molecule has 2 atom stereocenters. The Kier molecular flexibility index (Phi) is 7.91. The standard InChI is InChI=1S/C32H39F4NOSi/c1-19(2)29-28(30(38)21-11-15-22(16-12-21)32(34,35)36)26(20-13-17-23(33)18-14-20)27-24(37-29)9-8-10-25(27)39(6,7)31(3,4)5/h11-19,25,30,38H,8-10H2,1-7H3. The first-order chi connectivity index (χ1) is 18.0. The van der Waals surface area contributed by atoms with Gasteiger partial charge < -0.3 is 5.11 Å². The molecular formula is C32H39F4NOSi. The molecule has 1 aliphatic carbocycles. The molecule has 3 aromatic rings. The van der Waals surface area contributed by atoms with Gasteiger partial charge in [0.2, 0.25) is 0 Å². The first kappa shape index (κ1) is 29.5. The average Bonchev–Trinajstić information content (AvgIpc) is 2.86. The second-order valence-corrected chi connectivity index (χ2v) is 18.4. The summed E-state index contributed by atoms with van der Waals surface area (Å²) in [5.74, 6) is -0.390. The van der Waals surface area contributed by atoms with Gasteiger partial charge in [-0.3, -0.25) is 4.98 Å². The molecule has 4 rings (SSSR count). The molecule has 0 spiro atoms. The van der Waals surface area contributed by atoms with Crippen LogP contribution in [-0.4, -0.2) is 18.2 Å². The molecule has 1 aliphatic rings. The van der Waals surface area contributed by atoms with Gasteiger partial charge in [-0.1, -0.05) is 72.0 Å². The highest BCUT2D eigenvalue weighted by Crippen LogP contribution is 2.53. The second-order valence-electron chi connectivity index (χ2n) is 12.7. The summed E-state index contributed by atoms with van der Waals surface area (Å²) in [5, 5.41) is 12.0. The SMILES string of the molecule is CC(C)c1nc2c(c(-c3ccc(F)cc3)c1C(O)c1ccc(C(F)(F)F)cc1)C([Si](C)(C)C(C)(C)C)CCC2. The molecule has 2 nitrogen and oxygen atoms in total. The van der Waals surface area contributed by atoms with Crippen LogP contribution in [-0.2, 0) is 12.6 Å². The molecule has 0 fully saturated rings. The normalized spacial score (nSPS) is 17.3. The summed E-state index contributed by atoms with van der Waals surface area (Å²) < 4.78 is 53.9. The molecule has 7 heteroatoms. The fourth-order valence-electron chi connectivity index (χ4n) is 5.78. The van der Waals surface area contributed by atoms with E-state index in [4.69, 9.17) is 4.98 Å². The Bertz CT molecular complexity index is 1320. The molecule has 0 saturated heterocycles. The van der Waals surface area contributed by atoms with Crippen molar-refractivity contribution in [2.75, 3.05) is 0 Å². The van der Waals surface area contributed by atoms with Crippen molar-refractivity contribution in [3.05, 3.63) is 88.0 Å². The topological polar surface area (TPSA) is 33.1 Å². The van der Waals surface area contributed by atoms with E-state index in [0.717, 1.165) is 59.5 Å². The number of aliphatic hydroxyl groups excluding tert-OH is 1. The minimum absolute atomic E-state index is 0.0400. The lowest BCUT2D eigenvalue weighted by Crippen LogP contribution is -2.45. The number of aryl methyl sites for hydroxylation is 1. The Morgan fingerprint density at radius 1 is 0.949 bits per heavy atom. The molecular weight excluding hydrogens is 518 g/mol. The number of rotatable bonds is 5. The third-order valence-corrected chi connectivity index (χ3v) is 15.1. The number of benzene rings is 2. The lowest BCUT2D eigenvalue weighted by molar-refractivity contribution is -0.137. The fraction of sp³-hybridized carbons (Fsp3) is 0.469. The zero-order valence-electron chi connectivity index (χ0n) is 23.9. The quantitative estimate of drug-likeness (QED) is 0.250. The molecule has 0 amide bonds. The van der Waals surface area contributed by atoms with Crippen molar-refractivity contribution in [1.82, 2.24) is 4.98 Å². The van der Waals surface area contributed by atoms with Crippen LogP contribution in [0, 0.1) is 5.82 Å². The van der Waals surface area contributed by atoms with Crippen LogP contribution in [0.25, 0.3) is 11.1 Å². The average molecular weight is 558 g/mol. The van der Waals surface area contributed by atoms with Gasteiger partial charge >= 0.3 is 6.18 Å². The number of hydrogen-bond donors (Lipinski definition) is 1. The van der Waals surface area contributed by atoms with Crippen molar-refractivity contribution in [2.24, 2.45) is 0 Å². The van der Waals surface area contributed by atoms with Gasteiger partial charge in [0.25, 0.3) is 0 Å². The Morgan fingerprint density at radius 3 is 2.05 bits per heavy atom. The maximum absolute atomic E-state index is 14.1. The van der Waals surface area contributed by atoms with Gasteiger partial charge in [0.1, 0.15) is 11.9 Å². The highest BCUT2D eigenvalue weighted by atomic mass is 28.3. The van der Waals surface area contributed by atoms with Gasteiger partial charge in [-0.2, -0.15) is 13.2 Å². The van der Waals surface area contributed by atoms with E-state index in [1.54, 1.807) is 12.1 Å². The molecule has 39 heavy (non-hydrogen) atoms. The van der Waals surface area contributed by atoms with E-state index in [1.807, 2.05) is 13.8 Å². The fourth-order valence-corrected chi connectivity index (χ4v) is 8.78. The van der Waals surface area contributed by atoms with Gasteiger partial charge in [-0.25, -0.2) is 4.39 Å². The molecule has 1 N–H and O–H groups in total. The number of nitrogens with zero attached hydrogens (tertiary/aromatic N) is 1. The molecule has 0 bridgehead atoms. The van der Waals surface area contributed by atoms with Crippen molar-refractivity contribution in [3.8, 4) is 11.1 Å². The minimum atomic E-state index is -4.46. The van der Waals surface area contributed by atoms with Crippen LogP contribution in [0.5, 0.6) is 0 Å². The first-order valence-electron chi connectivity index (χ1n) is 13.7. The van der Waals surface area contributed by atoms with E-state index >= 15 is 0 Å². The Hall–Kier alpha value is -2.51. The van der Waals surface area contributed by atoms with Gasteiger partial charge in [0, 0.05) is 17.0 Å². The summed E-state index contributed by atoms with van der Waals surface area (Å²) in [4.78, 5) is 5.17. The third-order valence-electron chi connectivity index (χ3n) is 8.95. The Balaban J connectivity index is 2.06. The maximum Gasteiger partial charge on any atom is 0.416 e. The summed E-state index contributed by atoms with van der Waals surface area (Å²) in [7, 11) is -1.96. The zero-order valence-corrected chi connectivity index (χ0v) is 24.9. The van der Waals surface area contributed by atoms with Crippen LogP contribution in [0.15, 0.2) is 48.5 Å². The third kappa shape index (κ3) is 5.57. The molecule has 210 valence electrons. The van der Waals surface area contributed by atoms with E-state index in [2.05, 4.69) is 33.9 Å². The summed E-state index contributed by atoms with van der Waals surface area (Å²) >= 11 is 0. The number of halogens is 4. The molecule has 2 unspecified atom stereocenters. The Morgan fingerprint density at radius 2 is 1.54 bits per heavy atom. The molecule has 0 saturated carbocycles. The summed E-state index contributed by atoms with van der Waals surface area (Å²) in [5.41, 5.74) is 5.03.